The molecule has 304 valence electrons. The summed E-state index contributed by atoms with van der Waals surface area (Å²) in [6, 6.07) is 82.8. The molecular weight excluding hydrogens is 791 g/mol. The van der Waals surface area contributed by atoms with Gasteiger partial charge in [0.05, 0.1) is 16.6 Å². The van der Waals surface area contributed by atoms with Gasteiger partial charge in [0.15, 0.2) is 0 Å². The number of hydrogen-bond acceptors (Lipinski definition) is 3. The van der Waals surface area contributed by atoms with E-state index < -0.39 is 0 Å². The lowest BCUT2D eigenvalue weighted by atomic mass is 9.98. The molecule has 13 aromatic rings. The van der Waals surface area contributed by atoms with Crippen LogP contribution < -0.4 is 4.90 Å². The molecule has 13 rings (SSSR count). The highest BCUT2D eigenvalue weighted by molar-refractivity contribution is 6.11. The lowest BCUT2D eigenvalue weighted by Gasteiger charge is -2.26. The summed E-state index contributed by atoms with van der Waals surface area (Å²) < 4.78 is 8.61. The molecule has 4 nitrogen and oxygen atoms in total. The van der Waals surface area contributed by atoms with E-state index in [0.717, 1.165) is 83.4 Å². The van der Waals surface area contributed by atoms with Crippen molar-refractivity contribution in [3.8, 4) is 39.1 Å². The third-order valence-corrected chi connectivity index (χ3v) is 13.0. The molecule has 0 bridgehead atoms. The van der Waals surface area contributed by atoms with Gasteiger partial charge in [-0.3, -0.25) is 4.98 Å². The minimum absolute atomic E-state index is 0.895. The van der Waals surface area contributed by atoms with Crippen LogP contribution in [0.25, 0.3) is 104 Å². The van der Waals surface area contributed by atoms with E-state index in [0.29, 0.717) is 0 Å². The second-order valence-electron chi connectivity index (χ2n) is 16.8. The van der Waals surface area contributed by atoms with E-state index >= 15 is 0 Å². The van der Waals surface area contributed by atoms with Gasteiger partial charge in [-0.1, -0.05) is 146 Å². The Morgan fingerprint density at radius 2 is 0.969 bits per heavy atom. The molecule has 4 heteroatoms. The van der Waals surface area contributed by atoms with Crippen molar-refractivity contribution in [2.75, 3.05) is 4.90 Å². The maximum absolute atomic E-state index is 6.21. The molecule has 0 unspecified atom stereocenters. The average molecular weight is 830 g/mol. The maximum Gasteiger partial charge on any atom is 0.135 e. The van der Waals surface area contributed by atoms with Gasteiger partial charge in [-0.05, 0) is 124 Å². The molecule has 0 amide bonds. The summed E-state index contributed by atoms with van der Waals surface area (Å²) in [5.74, 6) is 0. The summed E-state index contributed by atoms with van der Waals surface area (Å²) in [5.41, 5.74) is 16.3. The van der Waals surface area contributed by atoms with Crippen molar-refractivity contribution in [2.45, 2.75) is 0 Å². The number of aromatic nitrogens is 2. The minimum atomic E-state index is 0.895. The van der Waals surface area contributed by atoms with Gasteiger partial charge in [0.2, 0.25) is 0 Å². The Balaban J connectivity index is 0.874. The molecular formula is C61H39N3O. The number of furan rings is 1. The summed E-state index contributed by atoms with van der Waals surface area (Å²) in [7, 11) is 0. The Bertz CT molecular complexity index is 3960. The van der Waals surface area contributed by atoms with Crippen molar-refractivity contribution in [2.24, 2.45) is 0 Å². The fraction of sp³-hybridized carbons (Fsp3) is 0. The van der Waals surface area contributed by atoms with E-state index in [2.05, 4.69) is 222 Å². The van der Waals surface area contributed by atoms with Crippen LogP contribution >= 0.6 is 0 Å². The van der Waals surface area contributed by atoms with Crippen LogP contribution in [0.1, 0.15) is 0 Å². The Morgan fingerprint density at radius 1 is 0.338 bits per heavy atom. The summed E-state index contributed by atoms with van der Waals surface area (Å²) in [6.45, 7) is 0. The van der Waals surface area contributed by atoms with Crippen LogP contribution in [-0.4, -0.2) is 9.55 Å². The molecule has 0 saturated heterocycles. The van der Waals surface area contributed by atoms with Crippen molar-refractivity contribution in [3.05, 3.63) is 237 Å². The average Bonchev–Trinajstić information content (AvgIpc) is 3.92. The van der Waals surface area contributed by atoms with E-state index in [1.54, 1.807) is 0 Å². The highest BCUT2D eigenvalue weighted by atomic mass is 16.3. The molecule has 0 radical (unpaired) electrons. The third kappa shape index (κ3) is 6.34. The molecule has 0 aliphatic rings. The fourth-order valence-corrected chi connectivity index (χ4v) is 9.76. The predicted molar refractivity (Wildman–Crippen MR) is 272 cm³/mol. The number of benzene rings is 10. The molecule has 0 fully saturated rings. The zero-order chi connectivity index (χ0) is 42.8. The topological polar surface area (TPSA) is 34.2 Å². The van der Waals surface area contributed by atoms with Crippen molar-refractivity contribution < 1.29 is 4.42 Å². The van der Waals surface area contributed by atoms with Gasteiger partial charge in [-0.25, -0.2) is 0 Å². The molecule has 3 heterocycles. The third-order valence-electron chi connectivity index (χ3n) is 13.0. The monoisotopic (exact) mass is 829 g/mol. The SMILES string of the molecule is c1ccc(-c2cnc3cc(N(c4ccc(-c5cccc(-c6ccc7c8ccccc8n(-c8ccc9oc%10ccccc%10c9c8)c7c6)c5)cc4)c4ccc5ccccc5c4)ccc3c2)cc1. The molecule has 0 saturated carbocycles. The summed E-state index contributed by atoms with van der Waals surface area (Å²) in [5, 5.41) is 8.21. The fourth-order valence-electron chi connectivity index (χ4n) is 9.76. The predicted octanol–water partition coefficient (Wildman–Crippen LogP) is 16.9. The minimum Gasteiger partial charge on any atom is -0.456 e. The molecule has 0 aliphatic heterocycles. The smallest absolute Gasteiger partial charge is 0.135 e. The van der Waals surface area contributed by atoms with E-state index in [1.165, 1.54) is 38.1 Å². The molecule has 10 aromatic carbocycles. The summed E-state index contributed by atoms with van der Waals surface area (Å²) in [6.07, 6.45) is 1.98. The zero-order valence-electron chi connectivity index (χ0n) is 35.3. The van der Waals surface area contributed by atoms with Gasteiger partial charge < -0.3 is 13.9 Å². The second kappa shape index (κ2) is 15.0. The number of pyridine rings is 1. The van der Waals surface area contributed by atoms with Crippen molar-refractivity contribution >= 4 is 82.5 Å². The van der Waals surface area contributed by atoms with Gasteiger partial charge in [0.1, 0.15) is 11.2 Å². The number of anilines is 3. The molecule has 3 aromatic heterocycles. The number of nitrogens with zero attached hydrogens (tertiary/aromatic N) is 3. The summed E-state index contributed by atoms with van der Waals surface area (Å²) in [4.78, 5) is 7.29. The Kier molecular flexibility index (Phi) is 8.50. The number of para-hydroxylation sites is 2. The van der Waals surface area contributed by atoms with E-state index in [1.807, 2.05) is 24.4 Å². The quantitative estimate of drug-likeness (QED) is 0.160. The van der Waals surface area contributed by atoms with Crippen molar-refractivity contribution in [3.63, 3.8) is 0 Å². The standard InChI is InChI=1S/C61H39N3O/c1-2-11-40(12-3-1)48-34-47-24-29-52(38-57(47)62-39-48)63(50-28-23-41-13-4-5-14-45(41)35-50)49-26-21-42(22-27-49)43-15-10-16-44(33-43)46-25-31-54-53-17-6-8-19-58(53)64(59(54)36-46)51-30-32-61-56(37-51)55-18-7-9-20-60(55)65-61/h1-39H. The van der Waals surface area contributed by atoms with Gasteiger partial charge >= 0.3 is 0 Å². The van der Waals surface area contributed by atoms with Crippen LogP contribution in [0, 0.1) is 0 Å². The largest absolute Gasteiger partial charge is 0.456 e. The number of fused-ring (bicyclic) bond motifs is 8. The number of rotatable bonds is 7. The molecule has 0 atom stereocenters. The molecule has 0 aliphatic carbocycles. The first-order chi connectivity index (χ1) is 32.2. The first kappa shape index (κ1) is 36.9. The van der Waals surface area contributed by atoms with Crippen LogP contribution in [-0.2, 0) is 0 Å². The van der Waals surface area contributed by atoms with Crippen LogP contribution in [0.2, 0.25) is 0 Å². The Labute approximate surface area is 375 Å². The Hall–Kier alpha value is -8.73. The van der Waals surface area contributed by atoms with Crippen LogP contribution in [0.3, 0.4) is 0 Å². The zero-order valence-corrected chi connectivity index (χ0v) is 35.3. The maximum atomic E-state index is 6.21. The Morgan fingerprint density at radius 3 is 1.85 bits per heavy atom. The van der Waals surface area contributed by atoms with Crippen LogP contribution in [0.15, 0.2) is 241 Å². The first-order valence-electron chi connectivity index (χ1n) is 22.1. The summed E-state index contributed by atoms with van der Waals surface area (Å²) >= 11 is 0. The van der Waals surface area contributed by atoms with Gasteiger partial charge in [0, 0.05) is 61.4 Å². The van der Waals surface area contributed by atoms with Gasteiger partial charge in [-0.2, -0.15) is 0 Å². The number of hydrogen-bond donors (Lipinski definition) is 0. The van der Waals surface area contributed by atoms with E-state index in [-0.39, 0.29) is 0 Å². The molecule has 0 spiro atoms. The van der Waals surface area contributed by atoms with Gasteiger partial charge in [0.25, 0.3) is 0 Å². The van der Waals surface area contributed by atoms with E-state index in [4.69, 9.17) is 9.40 Å². The highest BCUT2D eigenvalue weighted by Gasteiger charge is 2.18. The molecule has 0 N–H and O–H groups in total. The highest BCUT2D eigenvalue weighted by Crippen LogP contribution is 2.41. The lowest BCUT2D eigenvalue weighted by Crippen LogP contribution is -2.10. The lowest BCUT2D eigenvalue weighted by molar-refractivity contribution is 0.669. The molecule has 65 heavy (non-hydrogen) atoms. The van der Waals surface area contributed by atoms with Crippen molar-refractivity contribution in [1.82, 2.24) is 9.55 Å². The normalized spacial score (nSPS) is 11.7. The van der Waals surface area contributed by atoms with E-state index in [9.17, 15) is 0 Å². The van der Waals surface area contributed by atoms with Gasteiger partial charge in [-0.15, -0.1) is 0 Å². The first-order valence-corrected chi connectivity index (χ1v) is 22.1. The van der Waals surface area contributed by atoms with Crippen LogP contribution in [0.4, 0.5) is 17.1 Å². The van der Waals surface area contributed by atoms with Crippen LogP contribution in [0.5, 0.6) is 0 Å². The van der Waals surface area contributed by atoms with Crippen molar-refractivity contribution in [1.29, 1.82) is 0 Å². The second-order valence-corrected chi connectivity index (χ2v) is 16.8.